The molecule has 0 unspecified atom stereocenters. The number of rotatable bonds is 7. The fourth-order valence-corrected chi connectivity index (χ4v) is 4.33. The second-order valence-electron chi connectivity index (χ2n) is 8.18. The summed E-state index contributed by atoms with van der Waals surface area (Å²) in [6.07, 6.45) is 4.72. The molecule has 1 fully saturated rings. The van der Waals surface area contributed by atoms with Crippen LogP contribution in [-0.4, -0.2) is 34.2 Å². The third-order valence-electron chi connectivity index (χ3n) is 6.24. The highest BCUT2D eigenvalue weighted by molar-refractivity contribution is 5.70. The first-order valence-electron chi connectivity index (χ1n) is 10.9. The number of ether oxygens (including phenoxy) is 1. The fourth-order valence-electron chi connectivity index (χ4n) is 4.33. The van der Waals surface area contributed by atoms with Crippen molar-refractivity contribution in [2.24, 2.45) is 0 Å². The standard InChI is InChI=1S/C26H27FN2O3/c1-19(20-5-7-21(8-6-20)22-4-2-15-28-18-22)29-16-14-26(13-3-17-30,32-25(29)31)23-9-11-24(27)12-10-23/h2,4-12,15,18-19,30H,3,13-14,16-17H2,1H3/t19-,26+/m0/s1. The van der Waals surface area contributed by atoms with Crippen LogP contribution in [-0.2, 0) is 10.3 Å². The number of cyclic esters (lactones) is 1. The van der Waals surface area contributed by atoms with Crippen LogP contribution < -0.4 is 0 Å². The Bertz CT molecular complexity index is 1040. The topological polar surface area (TPSA) is 62.7 Å². The number of carbonyl (C=O) groups is 1. The first kappa shape index (κ1) is 22.0. The van der Waals surface area contributed by atoms with Gasteiger partial charge in [-0.2, -0.15) is 0 Å². The summed E-state index contributed by atoms with van der Waals surface area (Å²) >= 11 is 0. The number of amides is 1. The number of hydrogen-bond donors (Lipinski definition) is 1. The second kappa shape index (κ2) is 9.49. The third kappa shape index (κ3) is 4.50. The summed E-state index contributed by atoms with van der Waals surface area (Å²) in [5, 5.41) is 9.35. The number of benzene rings is 2. The normalized spacial score (nSPS) is 19.5. The van der Waals surface area contributed by atoms with Crippen LogP contribution in [0.5, 0.6) is 0 Å². The Morgan fingerprint density at radius 3 is 2.50 bits per heavy atom. The van der Waals surface area contributed by atoms with Gasteiger partial charge < -0.3 is 14.7 Å². The molecule has 0 saturated carbocycles. The van der Waals surface area contributed by atoms with Crippen LogP contribution >= 0.6 is 0 Å². The second-order valence-corrected chi connectivity index (χ2v) is 8.18. The minimum Gasteiger partial charge on any atom is -0.438 e. The minimum absolute atomic E-state index is 0.00386. The predicted molar refractivity (Wildman–Crippen MR) is 120 cm³/mol. The molecule has 32 heavy (non-hydrogen) atoms. The third-order valence-corrected chi connectivity index (χ3v) is 6.24. The average molecular weight is 435 g/mol. The molecule has 5 nitrogen and oxygen atoms in total. The van der Waals surface area contributed by atoms with Crippen molar-refractivity contribution in [3.05, 3.63) is 90.0 Å². The Kier molecular flexibility index (Phi) is 6.51. The molecule has 2 heterocycles. The van der Waals surface area contributed by atoms with Gasteiger partial charge in [-0.3, -0.25) is 4.98 Å². The quantitative estimate of drug-likeness (QED) is 0.536. The summed E-state index contributed by atoms with van der Waals surface area (Å²) in [5.74, 6) is -0.335. The molecule has 4 rings (SSSR count). The van der Waals surface area contributed by atoms with Gasteiger partial charge in [0, 0.05) is 32.0 Å². The summed E-state index contributed by atoms with van der Waals surface area (Å²) in [7, 11) is 0. The van der Waals surface area contributed by atoms with Crippen LogP contribution in [0.25, 0.3) is 11.1 Å². The van der Waals surface area contributed by atoms with Gasteiger partial charge >= 0.3 is 6.09 Å². The fraction of sp³-hybridized carbons (Fsp3) is 0.308. The lowest BCUT2D eigenvalue weighted by Gasteiger charge is -2.43. The van der Waals surface area contributed by atoms with Crippen molar-refractivity contribution in [3.8, 4) is 11.1 Å². The van der Waals surface area contributed by atoms with Gasteiger partial charge in [0.15, 0.2) is 0 Å². The van der Waals surface area contributed by atoms with Crippen molar-refractivity contribution < 1.29 is 19.0 Å². The highest BCUT2D eigenvalue weighted by Crippen LogP contribution is 2.40. The van der Waals surface area contributed by atoms with Gasteiger partial charge in [-0.25, -0.2) is 9.18 Å². The molecule has 1 saturated heterocycles. The SMILES string of the molecule is C[C@@H](c1ccc(-c2cccnc2)cc1)N1CC[C@](CCCO)(c2ccc(F)cc2)OC1=O. The maximum atomic E-state index is 13.4. The summed E-state index contributed by atoms with van der Waals surface area (Å²) in [5.41, 5.74) is 3.02. The lowest BCUT2D eigenvalue weighted by molar-refractivity contribution is -0.0680. The highest BCUT2D eigenvalue weighted by atomic mass is 19.1. The van der Waals surface area contributed by atoms with Crippen LogP contribution in [0.2, 0.25) is 0 Å². The van der Waals surface area contributed by atoms with Crippen LogP contribution in [0.1, 0.15) is 43.4 Å². The molecule has 1 aliphatic rings. The number of aromatic nitrogens is 1. The van der Waals surface area contributed by atoms with Gasteiger partial charge in [0.2, 0.25) is 0 Å². The van der Waals surface area contributed by atoms with Gasteiger partial charge in [0.25, 0.3) is 0 Å². The van der Waals surface area contributed by atoms with E-state index in [0.717, 1.165) is 22.3 Å². The average Bonchev–Trinajstić information content (AvgIpc) is 2.83. The molecule has 3 aromatic rings. The maximum absolute atomic E-state index is 13.4. The molecule has 6 heteroatoms. The smallest absolute Gasteiger partial charge is 0.411 e. The number of aliphatic hydroxyl groups excluding tert-OH is 1. The predicted octanol–water partition coefficient (Wildman–Crippen LogP) is 5.46. The van der Waals surface area contributed by atoms with E-state index in [2.05, 4.69) is 4.98 Å². The number of hydrogen-bond acceptors (Lipinski definition) is 4. The van der Waals surface area contributed by atoms with E-state index in [1.165, 1.54) is 12.1 Å². The number of aliphatic hydroxyl groups is 1. The zero-order chi connectivity index (χ0) is 22.6. The maximum Gasteiger partial charge on any atom is 0.411 e. The molecular weight excluding hydrogens is 407 g/mol. The monoisotopic (exact) mass is 434 g/mol. The minimum atomic E-state index is -0.853. The van der Waals surface area contributed by atoms with Gasteiger partial charge in [-0.15, -0.1) is 0 Å². The van der Waals surface area contributed by atoms with Gasteiger partial charge in [-0.1, -0.05) is 42.5 Å². The number of carbonyl (C=O) groups excluding carboxylic acids is 1. The molecule has 1 aromatic heterocycles. The Morgan fingerprint density at radius 1 is 1.12 bits per heavy atom. The van der Waals surface area contributed by atoms with Crippen LogP contribution in [0.4, 0.5) is 9.18 Å². The van der Waals surface area contributed by atoms with Crippen molar-refractivity contribution in [3.63, 3.8) is 0 Å². The van der Waals surface area contributed by atoms with Crippen LogP contribution in [0.3, 0.4) is 0 Å². The van der Waals surface area contributed by atoms with Crippen molar-refractivity contribution in [1.29, 1.82) is 0 Å². The molecule has 0 bridgehead atoms. The zero-order valence-corrected chi connectivity index (χ0v) is 18.1. The summed E-state index contributed by atoms with van der Waals surface area (Å²) in [6, 6.07) is 17.9. The van der Waals surface area contributed by atoms with E-state index in [1.54, 1.807) is 23.2 Å². The highest BCUT2D eigenvalue weighted by Gasteiger charge is 2.43. The molecule has 0 aliphatic carbocycles. The van der Waals surface area contributed by atoms with Crippen molar-refractivity contribution in [2.45, 2.75) is 37.8 Å². The Morgan fingerprint density at radius 2 is 1.88 bits per heavy atom. The van der Waals surface area contributed by atoms with Crippen molar-refractivity contribution in [2.75, 3.05) is 13.2 Å². The molecule has 2 aromatic carbocycles. The number of nitrogens with zero attached hydrogens (tertiary/aromatic N) is 2. The van der Waals surface area contributed by atoms with Gasteiger partial charge in [0.1, 0.15) is 11.4 Å². The van der Waals surface area contributed by atoms with E-state index < -0.39 is 11.7 Å². The lowest BCUT2D eigenvalue weighted by Crippen LogP contribution is -2.48. The molecule has 0 radical (unpaired) electrons. The number of halogens is 1. The Balaban J connectivity index is 1.51. The molecular formula is C26H27FN2O3. The van der Waals surface area contributed by atoms with Gasteiger partial charge in [-0.05, 0) is 60.2 Å². The Labute approximate surface area is 187 Å². The number of pyridine rings is 1. The Hall–Kier alpha value is -3.25. The lowest BCUT2D eigenvalue weighted by atomic mass is 9.84. The summed E-state index contributed by atoms with van der Waals surface area (Å²) in [6.45, 7) is 2.50. The molecule has 0 spiro atoms. The van der Waals surface area contributed by atoms with Crippen molar-refractivity contribution in [1.82, 2.24) is 9.88 Å². The molecule has 1 N–H and O–H groups in total. The van der Waals surface area contributed by atoms with E-state index in [1.807, 2.05) is 49.5 Å². The van der Waals surface area contributed by atoms with Crippen LogP contribution in [0, 0.1) is 5.82 Å². The van der Waals surface area contributed by atoms with Crippen LogP contribution in [0.15, 0.2) is 73.1 Å². The molecule has 166 valence electrons. The molecule has 1 amide bonds. The zero-order valence-electron chi connectivity index (χ0n) is 18.1. The molecule has 1 aliphatic heterocycles. The van der Waals surface area contributed by atoms with E-state index in [4.69, 9.17) is 4.74 Å². The first-order valence-corrected chi connectivity index (χ1v) is 10.9. The van der Waals surface area contributed by atoms with E-state index in [9.17, 15) is 14.3 Å². The summed E-state index contributed by atoms with van der Waals surface area (Å²) in [4.78, 5) is 19.0. The van der Waals surface area contributed by atoms with E-state index in [-0.39, 0.29) is 18.5 Å². The summed E-state index contributed by atoms with van der Waals surface area (Å²) < 4.78 is 19.4. The van der Waals surface area contributed by atoms with E-state index in [0.29, 0.717) is 25.8 Å². The van der Waals surface area contributed by atoms with Crippen molar-refractivity contribution >= 4 is 6.09 Å². The first-order chi connectivity index (χ1) is 15.5. The molecule has 2 atom stereocenters. The van der Waals surface area contributed by atoms with E-state index >= 15 is 0 Å². The largest absolute Gasteiger partial charge is 0.438 e. The van der Waals surface area contributed by atoms with Gasteiger partial charge in [0.05, 0.1) is 6.04 Å².